The molecular weight excluding hydrogens is 830 g/mol. The average Bonchev–Trinajstić information content (AvgIpc) is 3.68. The molecule has 0 aliphatic heterocycles. The summed E-state index contributed by atoms with van der Waals surface area (Å²) < 4.78 is 3.60. The van der Waals surface area contributed by atoms with Crippen molar-refractivity contribution in [3.05, 3.63) is 47.5 Å². The van der Waals surface area contributed by atoms with Crippen LogP contribution in [-0.2, 0) is 12.8 Å². The number of hydrogen-bond donors (Lipinski definition) is 0. The van der Waals surface area contributed by atoms with Crippen LogP contribution in [-0.4, -0.2) is 36.8 Å². The van der Waals surface area contributed by atoms with Gasteiger partial charge in [0.25, 0.3) is 0 Å². The third-order valence-electron chi connectivity index (χ3n) is 10.0. The van der Waals surface area contributed by atoms with Gasteiger partial charge in [-0.05, 0) is 0 Å². The van der Waals surface area contributed by atoms with E-state index >= 15 is 0 Å². The van der Waals surface area contributed by atoms with E-state index in [1.54, 1.807) is 16.9 Å². The van der Waals surface area contributed by atoms with Crippen molar-refractivity contribution in [2.75, 3.05) is 0 Å². The predicted molar refractivity (Wildman–Crippen MR) is 230 cm³/mol. The van der Waals surface area contributed by atoms with Crippen LogP contribution in [0.3, 0.4) is 0 Å². The molecule has 0 unspecified atom stereocenters. The van der Waals surface area contributed by atoms with Gasteiger partial charge in [-0.1, -0.05) is 26.7 Å². The van der Waals surface area contributed by atoms with Crippen molar-refractivity contribution < 1.29 is 0 Å². The number of hydrogen-bond acceptors (Lipinski definition) is 2. The third kappa shape index (κ3) is 15.4. The first-order chi connectivity index (χ1) is 23.0. The monoisotopic (exact) mass is 906 g/mol. The molecule has 3 rings (SSSR count). The topological polar surface area (TPSA) is 0 Å². The summed E-state index contributed by atoms with van der Waals surface area (Å²) in [6.45, 7) is 4.62. The fourth-order valence-electron chi connectivity index (χ4n) is 7.19. The summed E-state index contributed by atoms with van der Waals surface area (Å²) in [5.74, 6) is 0. The Bertz CT molecular complexity index is 1170. The zero-order valence-corrected chi connectivity index (χ0v) is 40.2. The summed E-state index contributed by atoms with van der Waals surface area (Å²) in [6, 6.07) is 14.9. The molecule has 0 atom stereocenters. The molecule has 0 fully saturated rings. The molecule has 2 aromatic heterocycles. The Balaban J connectivity index is 1.57. The molecule has 4 heteroatoms. The fraction of sp³-hybridized carbons (Fsp3) is 0.682. The van der Waals surface area contributed by atoms with Crippen LogP contribution in [0.1, 0.15) is 153 Å². The first kappa shape index (κ1) is 42.6. The van der Waals surface area contributed by atoms with Gasteiger partial charge < -0.3 is 0 Å². The first-order valence-corrected chi connectivity index (χ1v) is 42.0. The molecule has 48 heavy (non-hydrogen) atoms. The minimum atomic E-state index is -2.18. The van der Waals surface area contributed by atoms with Crippen molar-refractivity contribution >= 4 is 65.2 Å². The van der Waals surface area contributed by atoms with Gasteiger partial charge in [-0.25, -0.2) is 0 Å². The van der Waals surface area contributed by atoms with Crippen molar-refractivity contribution in [3.63, 3.8) is 0 Å². The molecule has 0 nitrogen and oxygen atoms in total. The normalized spacial score (nSPS) is 12.3. The number of rotatable bonds is 26. The van der Waals surface area contributed by atoms with Gasteiger partial charge in [0, 0.05) is 0 Å². The molecule has 0 spiro atoms. The molecular formula is C44H74S2Sn2. The van der Waals surface area contributed by atoms with E-state index in [1.165, 1.54) is 162 Å². The van der Waals surface area contributed by atoms with E-state index < -0.39 is 36.8 Å². The van der Waals surface area contributed by atoms with Crippen molar-refractivity contribution in [1.29, 1.82) is 0 Å². The van der Waals surface area contributed by atoms with Crippen LogP contribution in [0.25, 0.3) is 20.9 Å². The van der Waals surface area contributed by atoms with Gasteiger partial charge >= 0.3 is 292 Å². The van der Waals surface area contributed by atoms with Gasteiger partial charge in [-0.2, -0.15) is 0 Å². The molecule has 0 bridgehead atoms. The Kier molecular flexibility index (Phi) is 20.4. The van der Waals surface area contributed by atoms with Gasteiger partial charge in [0.15, 0.2) is 0 Å². The molecule has 0 saturated heterocycles. The summed E-state index contributed by atoms with van der Waals surface area (Å²) in [4.78, 5) is 18.7. The third-order valence-corrected chi connectivity index (χ3v) is 31.7. The zero-order chi connectivity index (χ0) is 34.8. The molecule has 2 heterocycles. The van der Waals surface area contributed by atoms with Crippen LogP contribution in [0, 0.1) is 0 Å². The van der Waals surface area contributed by atoms with Gasteiger partial charge in [-0.3, -0.25) is 0 Å². The predicted octanol–water partition coefficient (Wildman–Crippen LogP) is 15.2. The standard InChI is InChI=1S/C38H56S2.6CH3.2Sn/c1-3-5-7-9-11-13-15-17-19-21-23-33-29-37(39-31-33)35-25-27-36(28-26-35)38-30-34(32-40-38)24-22-20-18-16-14-12-10-8-6-4-2;;;;;;;;/h25-30H,3-24H2,1-2H3;6*1H3;;. The van der Waals surface area contributed by atoms with Gasteiger partial charge in [0.1, 0.15) is 0 Å². The average molecular weight is 905 g/mol. The molecule has 0 saturated carbocycles. The second-order valence-electron chi connectivity index (χ2n) is 16.9. The van der Waals surface area contributed by atoms with Gasteiger partial charge in [-0.15, -0.1) is 0 Å². The summed E-state index contributed by atoms with van der Waals surface area (Å²) >= 11 is -0.0877. The molecule has 0 N–H and O–H groups in total. The maximum absolute atomic E-state index is 2.61. The SMILES string of the molecule is CCCCCCCCCCCCc1cc(-c2ccc(-c3cc(CCCCCCCCCCCC)[c]([Sn]([CH3])([CH3])[CH3])s3)cc2)s[c]1[Sn]([CH3])([CH3])[CH3]. The molecule has 0 amide bonds. The van der Waals surface area contributed by atoms with Crippen molar-refractivity contribution in [3.8, 4) is 20.9 Å². The van der Waals surface area contributed by atoms with Crippen LogP contribution < -0.4 is 5.79 Å². The molecule has 0 aliphatic carbocycles. The van der Waals surface area contributed by atoms with E-state index in [0.29, 0.717) is 0 Å². The Morgan fingerprint density at radius 1 is 0.396 bits per heavy atom. The molecule has 0 radical (unpaired) electrons. The van der Waals surface area contributed by atoms with E-state index in [4.69, 9.17) is 0 Å². The van der Waals surface area contributed by atoms with Crippen LogP contribution in [0.15, 0.2) is 36.4 Å². The van der Waals surface area contributed by atoms with E-state index in [0.717, 1.165) is 0 Å². The first-order valence-electron chi connectivity index (χ1n) is 20.4. The summed E-state index contributed by atoms with van der Waals surface area (Å²) in [5.41, 5.74) is 6.23. The second kappa shape index (κ2) is 23.0. The van der Waals surface area contributed by atoms with Crippen molar-refractivity contribution in [2.45, 2.75) is 185 Å². The maximum atomic E-state index is 2.61. The van der Waals surface area contributed by atoms with Crippen molar-refractivity contribution in [2.24, 2.45) is 0 Å². The summed E-state index contributed by atoms with van der Waals surface area (Å²) in [7, 11) is 0. The van der Waals surface area contributed by atoms with Gasteiger partial charge in [0.2, 0.25) is 0 Å². The number of benzene rings is 1. The Labute approximate surface area is 315 Å². The number of aryl methyl sites for hydroxylation is 2. The van der Waals surface area contributed by atoms with E-state index in [1.807, 2.05) is 0 Å². The van der Waals surface area contributed by atoms with Crippen LogP contribution >= 0.6 is 22.7 Å². The Morgan fingerprint density at radius 2 is 0.667 bits per heavy atom. The number of thiophene rings is 2. The van der Waals surface area contributed by atoms with Crippen LogP contribution in [0.4, 0.5) is 0 Å². The van der Waals surface area contributed by atoms with Gasteiger partial charge in [0.05, 0.1) is 0 Å². The van der Waals surface area contributed by atoms with E-state index in [-0.39, 0.29) is 0 Å². The van der Waals surface area contributed by atoms with E-state index in [2.05, 4.69) is 103 Å². The number of unbranched alkanes of at least 4 members (excludes halogenated alkanes) is 18. The zero-order valence-electron chi connectivity index (χ0n) is 32.8. The fourth-order valence-corrected chi connectivity index (χ4v) is 23.5. The minimum absolute atomic E-state index is 1.28. The van der Waals surface area contributed by atoms with Crippen molar-refractivity contribution in [1.82, 2.24) is 0 Å². The van der Waals surface area contributed by atoms with Crippen LogP contribution in [0.5, 0.6) is 0 Å². The summed E-state index contributed by atoms with van der Waals surface area (Å²) in [6.07, 6.45) is 30.9. The van der Waals surface area contributed by atoms with Crippen LogP contribution in [0.2, 0.25) is 29.6 Å². The molecule has 1 aromatic carbocycles. The Hall–Kier alpha value is 0.217. The molecule has 0 aliphatic rings. The summed E-state index contributed by atoms with van der Waals surface area (Å²) in [5, 5.41) is 0. The quantitative estimate of drug-likeness (QED) is 0.0556. The molecule has 3 aromatic rings. The molecule has 270 valence electrons. The Morgan fingerprint density at radius 3 is 0.938 bits per heavy atom. The second-order valence-corrected chi connectivity index (χ2v) is 49.6. The van der Waals surface area contributed by atoms with E-state index in [9.17, 15) is 0 Å².